The van der Waals surface area contributed by atoms with E-state index < -0.39 is 0 Å². The molecule has 0 fully saturated rings. The fraction of sp³-hybridized carbons (Fsp3) is 0.636. The van der Waals surface area contributed by atoms with Crippen LogP contribution in [-0.4, -0.2) is 22.1 Å². The Labute approximate surface area is 102 Å². The predicted octanol–water partition coefficient (Wildman–Crippen LogP) is 3.16. The van der Waals surface area contributed by atoms with Crippen LogP contribution in [-0.2, 0) is 0 Å². The molecular weight excluding hydrogens is 224 g/mol. The van der Waals surface area contributed by atoms with Crippen molar-refractivity contribution in [2.24, 2.45) is 0 Å². The third-order valence-corrected chi connectivity index (χ3v) is 2.70. The van der Waals surface area contributed by atoms with Gasteiger partial charge in [-0.1, -0.05) is 18.5 Å². The van der Waals surface area contributed by atoms with Gasteiger partial charge in [-0.3, -0.25) is 0 Å². The van der Waals surface area contributed by atoms with Gasteiger partial charge in [0.15, 0.2) is 5.82 Å². The van der Waals surface area contributed by atoms with E-state index in [2.05, 4.69) is 41.4 Å². The summed E-state index contributed by atoms with van der Waals surface area (Å²) in [4.78, 5) is 8.42. The molecule has 0 aliphatic carbocycles. The van der Waals surface area contributed by atoms with E-state index in [9.17, 15) is 0 Å². The van der Waals surface area contributed by atoms with Crippen molar-refractivity contribution in [1.82, 2.24) is 9.97 Å². The summed E-state index contributed by atoms with van der Waals surface area (Å²) in [6.45, 7) is 9.13. The van der Waals surface area contributed by atoms with Crippen LogP contribution >= 0.6 is 11.6 Å². The van der Waals surface area contributed by atoms with Crippen molar-refractivity contribution in [3.05, 3.63) is 11.2 Å². The number of rotatable bonds is 5. The van der Waals surface area contributed by atoms with Gasteiger partial charge in [-0.15, -0.1) is 0 Å². The van der Waals surface area contributed by atoms with Gasteiger partial charge in [0.1, 0.15) is 5.02 Å². The van der Waals surface area contributed by atoms with Crippen LogP contribution in [0.3, 0.4) is 0 Å². The molecule has 16 heavy (non-hydrogen) atoms. The Bertz CT molecular complexity index is 352. The Balaban J connectivity index is 2.89. The first-order valence-electron chi connectivity index (χ1n) is 5.53. The number of nitrogens with zero attached hydrogens (tertiary/aromatic N) is 2. The van der Waals surface area contributed by atoms with Crippen molar-refractivity contribution in [2.45, 2.75) is 39.7 Å². The fourth-order valence-corrected chi connectivity index (χ4v) is 1.25. The number of aromatic nitrogens is 2. The molecule has 1 aromatic heterocycles. The van der Waals surface area contributed by atoms with Gasteiger partial charge in [-0.2, -0.15) is 4.98 Å². The van der Waals surface area contributed by atoms with E-state index in [1.54, 1.807) is 6.20 Å². The highest BCUT2D eigenvalue weighted by atomic mass is 35.5. The topological polar surface area (TPSA) is 49.8 Å². The molecule has 4 nitrogen and oxygen atoms in total. The summed E-state index contributed by atoms with van der Waals surface area (Å²) < 4.78 is 0. The molecule has 0 bridgehead atoms. The fourth-order valence-electron chi connectivity index (χ4n) is 1.11. The van der Waals surface area contributed by atoms with Crippen molar-refractivity contribution in [3.63, 3.8) is 0 Å². The van der Waals surface area contributed by atoms with Crippen molar-refractivity contribution < 1.29 is 0 Å². The van der Waals surface area contributed by atoms with Gasteiger partial charge < -0.3 is 10.6 Å². The van der Waals surface area contributed by atoms with Crippen molar-refractivity contribution in [3.8, 4) is 0 Å². The van der Waals surface area contributed by atoms with Crippen LogP contribution < -0.4 is 10.6 Å². The van der Waals surface area contributed by atoms with E-state index in [0.717, 1.165) is 13.0 Å². The SMILES string of the molecule is CCNc1ncc(Cl)c(NC(C)(C)CC)n1. The molecule has 0 aliphatic heterocycles. The second kappa shape index (κ2) is 5.34. The first kappa shape index (κ1) is 13.0. The average molecular weight is 243 g/mol. The molecule has 1 aromatic rings. The minimum Gasteiger partial charge on any atom is -0.364 e. The standard InChI is InChI=1S/C11H19ClN4/c1-5-11(3,4)16-9-8(12)7-14-10(15-9)13-6-2/h7H,5-6H2,1-4H3,(H2,13,14,15,16). The second-order valence-electron chi connectivity index (χ2n) is 4.28. The van der Waals surface area contributed by atoms with Gasteiger partial charge in [0.2, 0.25) is 5.95 Å². The molecule has 0 aromatic carbocycles. The molecule has 0 saturated heterocycles. The van der Waals surface area contributed by atoms with E-state index in [4.69, 9.17) is 11.6 Å². The minimum atomic E-state index is -0.0263. The maximum Gasteiger partial charge on any atom is 0.224 e. The molecule has 0 radical (unpaired) electrons. The summed E-state index contributed by atoms with van der Waals surface area (Å²) in [6, 6.07) is 0. The summed E-state index contributed by atoms with van der Waals surface area (Å²) in [5.41, 5.74) is -0.0263. The van der Waals surface area contributed by atoms with Crippen LogP contribution in [0.1, 0.15) is 34.1 Å². The van der Waals surface area contributed by atoms with Gasteiger partial charge in [0.05, 0.1) is 6.20 Å². The maximum absolute atomic E-state index is 6.04. The molecule has 0 unspecified atom stereocenters. The highest BCUT2D eigenvalue weighted by molar-refractivity contribution is 6.32. The zero-order chi connectivity index (χ0) is 12.2. The lowest BCUT2D eigenvalue weighted by atomic mass is 10.0. The Morgan fingerprint density at radius 1 is 1.38 bits per heavy atom. The number of halogens is 1. The quantitative estimate of drug-likeness (QED) is 0.833. The highest BCUT2D eigenvalue weighted by Gasteiger charge is 2.17. The minimum absolute atomic E-state index is 0.0263. The van der Waals surface area contributed by atoms with Crippen LogP contribution in [0.2, 0.25) is 5.02 Å². The molecule has 0 saturated carbocycles. The van der Waals surface area contributed by atoms with Crippen LogP contribution in [0.15, 0.2) is 6.20 Å². The van der Waals surface area contributed by atoms with Crippen molar-refractivity contribution in [2.75, 3.05) is 17.2 Å². The van der Waals surface area contributed by atoms with E-state index in [-0.39, 0.29) is 5.54 Å². The first-order chi connectivity index (χ1) is 7.48. The summed E-state index contributed by atoms with van der Waals surface area (Å²) in [6.07, 6.45) is 2.60. The molecule has 0 amide bonds. The zero-order valence-electron chi connectivity index (χ0n) is 10.3. The van der Waals surface area contributed by atoms with E-state index in [1.807, 2.05) is 6.92 Å². The van der Waals surface area contributed by atoms with Gasteiger partial charge >= 0.3 is 0 Å². The Morgan fingerprint density at radius 3 is 2.62 bits per heavy atom. The summed E-state index contributed by atoms with van der Waals surface area (Å²) in [5.74, 6) is 1.28. The second-order valence-corrected chi connectivity index (χ2v) is 4.69. The van der Waals surface area contributed by atoms with Crippen molar-refractivity contribution >= 4 is 23.4 Å². The van der Waals surface area contributed by atoms with Crippen LogP contribution in [0, 0.1) is 0 Å². The third-order valence-electron chi connectivity index (χ3n) is 2.42. The molecule has 1 rings (SSSR count). The number of hydrogen-bond donors (Lipinski definition) is 2. The smallest absolute Gasteiger partial charge is 0.224 e. The third kappa shape index (κ3) is 3.52. The number of anilines is 2. The zero-order valence-corrected chi connectivity index (χ0v) is 11.0. The molecular formula is C11H19ClN4. The van der Waals surface area contributed by atoms with Crippen LogP contribution in [0.25, 0.3) is 0 Å². The molecule has 0 spiro atoms. The largest absolute Gasteiger partial charge is 0.364 e. The van der Waals surface area contributed by atoms with Crippen molar-refractivity contribution in [1.29, 1.82) is 0 Å². The van der Waals surface area contributed by atoms with Crippen LogP contribution in [0.4, 0.5) is 11.8 Å². The van der Waals surface area contributed by atoms with E-state index in [1.165, 1.54) is 0 Å². The number of hydrogen-bond acceptors (Lipinski definition) is 4. The highest BCUT2D eigenvalue weighted by Crippen LogP contribution is 2.24. The summed E-state index contributed by atoms with van der Waals surface area (Å²) >= 11 is 6.04. The first-order valence-corrected chi connectivity index (χ1v) is 5.91. The Kier molecular flexibility index (Phi) is 4.35. The molecule has 1 heterocycles. The molecule has 5 heteroatoms. The normalized spacial score (nSPS) is 11.3. The van der Waals surface area contributed by atoms with Gasteiger partial charge in [0, 0.05) is 12.1 Å². The molecule has 0 atom stereocenters. The predicted molar refractivity (Wildman–Crippen MR) is 69.2 cm³/mol. The lowest BCUT2D eigenvalue weighted by molar-refractivity contribution is 0.545. The molecule has 90 valence electrons. The van der Waals surface area contributed by atoms with E-state index >= 15 is 0 Å². The van der Waals surface area contributed by atoms with E-state index in [0.29, 0.717) is 16.8 Å². The average Bonchev–Trinajstić information content (AvgIpc) is 2.23. The van der Waals surface area contributed by atoms with Gasteiger partial charge in [-0.05, 0) is 27.2 Å². The molecule has 0 aliphatic rings. The Hall–Kier alpha value is -1.03. The van der Waals surface area contributed by atoms with Gasteiger partial charge in [0.25, 0.3) is 0 Å². The molecule has 2 N–H and O–H groups in total. The number of nitrogens with one attached hydrogen (secondary N) is 2. The summed E-state index contributed by atoms with van der Waals surface area (Å²) in [7, 11) is 0. The maximum atomic E-state index is 6.04. The lowest BCUT2D eigenvalue weighted by Gasteiger charge is -2.25. The lowest BCUT2D eigenvalue weighted by Crippen LogP contribution is -2.30. The van der Waals surface area contributed by atoms with Gasteiger partial charge in [-0.25, -0.2) is 4.98 Å². The monoisotopic (exact) mass is 242 g/mol. The Morgan fingerprint density at radius 2 is 2.06 bits per heavy atom. The van der Waals surface area contributed by atoms with Crippen LogP contribution in [0.5, 0.6) is 0 Å². The summed E-state index contributed by atoms with van der Waals surface area (Å²) in [5, 5.41) is 6.91.